The van der Waals surface area contributed by atoms with Gasteiger partial charge in [0.2, 0.25) is 0 Å². The average molecular weight is 405 g/mol. The van der Waals surface area contributed by atoms with Crippen molar-refractivity contribution in [1.29, 1.82) is 0 Å². The highest BCUT2D eigenvalue weighted by atomic mass is 16.5. The molecule has 1 aromatic rings. The minimum absolute atomic E-state index is 0.546. The van der Waals surface area contributed by atoms with Gasteiger partial charge in [-0.15, -0.1) is 0 Å². The first-order valence-corrected chi connectivity index (χ1v) is 12.0. The number of hydrogen-bond donors (Lipinski definition) is 1. The van der Waals surface area contributed by atoms with Crippen LogP contribution >= 0.6 is 0 Å². The van der Waals surface area contributed by atoms with Crippen molar-refractivity contribution in [3.8, 4) is 5.75 Å². The van der Waals surface area contributed by atoms with Crippen molar-refractivity contribution in [3.63, 3.8) is 0 Å². The Morgan fingerprint density at radius 1 is 1.00 bits per heavy atom. The van der Waals surface area contributed by atoms with Crippen LogP contribution in [0.15, 0.2) is 24.3 Å². The van der Waals surface area contributed by atoms with Crippen molar-refractivity contribution in [2.24, 2.45) is 0 Å². The van der Waals surface area contributed by atoms with Crippen LogP contribution in [0.5, 0.6) is 5.75 Å². The van der Waals surface area contributed by atoms with E-state index < -0.39 is 0 Å². The number of ether oxygens (including phenoxy) is 2. The molecule has 1 fully saturated rings. The quantitative estimate of drug-likeness (QED) is 0.391. The van der Waals surface area contributed by atoms with Crippen molar-refractivity contribution >= 4 is 0 Å². The number of benzene rings is 1. The first-order chi connectivity index (χ1) is 14.3. The Morgan fingerprint density at radius 3 is 2.41 bits per heavy atom. The number of nitrogens with one attached hydrogen (secondary N) is 1. The number of nitrogens with zero attached hydrogens (tertiary/aromatic N) is 1. The van der Waals surface area contributed by atoms with E-state index in [0.717, 1.165) is 58.2 Å². The molecule has 4 heteroatoms. The molecule has 2 rings (SSSR count). The molecule has 0 radical (unpaired) electrons. The van der Waals surface area contributed by atoms with Gasteiger partial charge in [-0.3, -0.25) is 4.90 Å². The molecule has 0 aromatic heterocycles. The van der Waals surface area contributed by atoms with Gasteiger partial charge in [-0.1, -0.05) is 57.6 Å². The molecule has 0 amide bonds. The predicted molar refractivity (Wildman–Crippen MR) is 123 cm³/mol. The van der Waals surface area contributed by atoms with Gasteiger partial charge < -0.3 is 14.8 Å². The van der Waals surface area contributed by atoms with Gasteiger partial charge in [0.25, 0.3) is 0 Å². The zero-order valence-electron chi connectivity index (χ0n) is 19.0. The zero-order valence-corrected chi connectivity index (χ0v) is 19.0. The molecule has 1 N–H and O–H groups in total. The molecule has 29 heavy (non-hydrogen) atoms. The molecular formula is C25H44N2O2. The van der Waals surface area contributed by atoms with E-state index in [0.29, 0.717) is 6.04 Å². The van der Waals surface area contributed by atoms with Crippen LogP contribution in [-0.2, 0) is 11.2 Å². The van der Waals surface area contributed by atoms with E-state index in [-0.39, 0.29) is 0 Å². The van der Waals surface area contributed by atoms with Crippen LogP contribution in [0.3, 0.4) is 0 Å². The largest absolute Gasteiger partial charge is 0.494 e. The molecule has 1 saturated heterocycles. The lowest BCUT2D eigenvalue weighted by Crippen LogP contribution is -2.41. The molecule has 0 spiro atoms. The van der Waals surface area contributed by atoms with Crippen molar-refractivity contribution < 1.29 is 9.47 Å². The molecule has 166 valence electrons. The Balaban J connectivity index is 1.49. The third-order valence-corrected chi connectivity index (χ3v) is 5.83. The maximum Gasteiger partial charge on any atom is 0.119 e. The molecule has 1 aliphatic rings. The molecule has 0 saturated carbocycles. The maximum atomic E-state index is 5.90. The lowest BCUT2D eigenvalue weighted by Gasteiger charge is -2.27. The highest BCUT2D eigenvalue weighted by Crippen LogP contribution is 2.15. The summed E-state index contributed by atoms with van der Waals surface area (Å²) in [6, 6.07) is 9.26. The van der Waals surface area contributed by atoms with Crippen molar-refractivity contribution in [3.05, 3.63) is 29.8 Å². The fourth-order valence-electron chi connectivity index (χ4n) is 3.78. The normalized spacial score (nSPS) is 16.1. The molecule has 0 bridgehead atoms. The van der Waals surface area contributed by atoms with E-state index in [1.54, 1.807) is 0 Å². The predicted octanol–water partition coefficient (Wildman–Crippen LogP) is 5.06. The fourth-order valence-corrected chi connectivity index (χ4v) is 3.78. The van der Waals surface area contributed by atoms with E-state index >= 15 is 0 Å². The minimum atomic E-state index is 0.546. The smallest absolute Gasteiger partial charge is 0.119 e. The molecular weight excluding hydrogens is 360 g/mol. The van der Waals surface area contributed by atoms with Crippen LogP contribution < -0.4 is 10.1 Å². The van der Waals surface area contributed by atoms with Crippen molar-refractivity contribution in [2.45, 2.75) is 77.7 Å². The second-order valence-electron chi connectivity index (χ2n) is 8.46. The molecule has 1 unspecified atom stereocenters. The van der Waals surface area contributed by atoms with Gasteiger partial charge in [0.05, 0.1) is 19.8 Å². The Bertz CT molecular complexity index is 500. The topological polar surface area (TPSA) is 33.7 Å². The number of hydrogen-bond acceptors (Lipinski definition) is 4. The van der Waals surface area contributed by atoms with Gasteiger partial charge in [-0.25, -0.2) is 0 Å². The summed E-state index contributed by atoms with van der Waals surface area (Å²) in [5.74, 6) is 1.01. The van der Waals surface area contributed by atoms with Crippen LogP contribution in [-0.4, -0.2) is 56.9 Å². The maximum absolute atomic E-state index is 5.90. The molecule has 1 aliphatic heterocycles. The number of aryl methyl sites for hydroxylation is 1. The Kier molecular flexibility index (Phi) is 13.1. The lowest BCUT2D eigenvalue weighted by atomic mass is 10.1. The van der Waals surface area contributed by atoms with E-state index in [1.807, 2.05) is 0 Å². The van der Waals surface area contributed by atoms with E-state index in [4.69, 9.17) is 9.47 Å². The Hall–Kier alpha value is -1.10. The summed E-state index contributed by atoms with van der Waals surface area (Å²) >= 11 is 0. The standard InChI is InChI=1S/C25H44N2O2/c1-3-4-5-6-7-8-9-20-29-25-14-12-24(13-15-25)11-10-23(2)26-16-17-27-18-21-28-22-19-27/h12-15,23,26H,3-11,16-22H2,1-2H3. The van der Waals surface area contributed by atoms with Crippen LogP contribution in [0.4, 0.5) is 0 Å². The molecule has 4 nitrogen and oxygen atoms in total. The second kappa shape index (κ2) is 15.7. The number of rotatable bonds is 16. The zero-order chi connectivity index (χ0) is 20.6. The van der Waals surface area contributed by atoms with Crippen LogP contribution in [0.2, 0.25) is 0 Å². The summed E-state index contributed by atoms with van der Waals surface area (Å²) in [5, 5.41) is 3.66. The second-order valence-corrected chi connectivity index (χ2v) is 8.46. The SMILES string of the molecule is CCCCCCCCCOc1ccc(CCC(C)NCCN2CCOCC2)cc1. The first kappa shape index (κ1) is 24.2. The summed E-state index contributed by atoms with van der Waals surface area (Å²) in [7, 11) is 0. The van der Waals surface area contributed by atoms with Gasteiger partial charge in [-0.05, 0) is 43.9 Å². The molecule has 0 aliphatic carbocycles. The van der Waals surface area contributed by atoms with Crippen molar-refractivity contribution in [2.75, 3.05) is 46.0 Å². The lowest BCUT2D eigenvalue weighted by molar-refractivity contribution is 0.0381. The van der Waals surface area contributed by atoms with E-state index in [2.05, 4.69) is 48.3 Å². The fraction of sp³-hybridized carbons (Fsp3) is 0.760. The van der Waals surface area contributed by atoms with Gasteiger partial charge in [0, 0.05) is 32.2 Å². The monoisotopic (exact) mass is 404 g/mol. The summed E-state index contributed by atoms with van der Waals surface area (Å²) in [4.78, 5) is 2.48. The molecule has 1 heterocycles. The molecule has 1 atom stereocenters. The summed E-state index contributed by atoms with van der Waals surface area (Å²) in [6.45, 7) is 11.5. The Labute approximate surface area is 179 Å². The van der Waals surface area contributed by atoms with Crippen LogP contribution in [0.25, 0.3) is 0 Å². The Morgan fingerprint density at radius 2 is 1.69 bits per heavy atom. The van der Waals surface area contributed by atoms with Crippen molar-refractivity contribution in [1.82, 2.24) is 10.2 Å². The third kappa shape index (κ3) is 11.6. The first-order valence-electron chi connectivity index (χ1n) is 12.0. The third-order valence-electron chi connectivity index (χ3n) is 5.83. The number of unbranched alkanes of at least 4 members (excludes halogenated alkanes) is 6. The van der Waals surface area contributed by atoms with Crippen LogP contribution in [0.1, 0.15) is 70.8 Å². The van der Waals surface area contributed by atoms with Crippen LogP contribution in [0, 0.1) is 0 Å². The summed E-state index contributed by atoms with van der Waals surface area (Å²) < 4.78 is 11.3. The summed E-state index contributed by atoms with van der Waals surface area (Å²) in [5.41, 5.74) is 1.40. The van der Waals surface area contributed by atoms with Gasteiger partial charge in [0.15, 0.2) is 0 Å². The van der Waals surface area contributed by atoms with Gasteiger partial charge in [0.1, 0.15) is 5.75 Å². The highest BCUT2D eigenvalue weighted by molar-refractivity contribution is 5.27. The van der Waals surface area contributed by atoms with Gasteiger partial charge in [-0.2, -0.15) is 0 Å². The van der Waals surface area contributed by atoms with E-state index in [1.165, 1.54) is 56.9 Å². The minimum Gasteiger partial charge on any atom is -0.494 e. The summed E-state index contributed by atoms with van der Waals surface area (Å²) in [6.07, 6.45) is 11.6. The molecule has 1 aromatic carbocycles. The van der Waals surface area contributed by atoms with Gasteiger partial charge >= 0.3 is 0 Å². The average Bonchev–Trinajstić information content (AvgIpc) is 2.76. The van der Waals surface area contributed by atoms with E-state index in [9.17, 15) is 0 Å². The highest BCUT2D eigenvalue weighted by Gasteiger charge is 2.10. The number of morpholine rings is 1.